The maximum Gasteiger partial charge on any atom is 0.257 e. The van der Waals surface area contributed by atoms with Gasteiger partial charge in [0.2, 0.25) is 0 Å². The number of rotatable bonds is 5. The monoisotopic (exact) mass is 358 g/mol. The summed E-state index contributed by atoms with van der Waals surface area (Å²) in [5.74, 6) is 0.558. The highest BCUT2D eigenvalue weighted by Crippen LogP contribution is 2.24. The average Bonchev–Trinajstić information content (AvgIpc) is 2.67. The van der Waals surface area contributed by atoms with Crippen LogP contribution in [0.15, 0.2) is 48.5 Å². The van der Waals surface area contributed by atoms with Gasteiger partial charge in [-0.2, -0.15) is 0 Å². The molecule has 1 saturated heterocycles. The van der Waals surface area contributed by atoms with E-state index in [1.807, 2.05) is 11.0 Å². The van der Waals surface area contributed by atoms with Crippen LogP contribution in [0.1, 0.15) is 15.9 Å². The Hall–Kier alpha value is -2.04. The molecule has 0 aliphatic carbocycles. The normalized spacial score (nSPS) is 15.2. The zero-order valence-electron chi connectivity index (χ0n) is 14.5. The number of halogens is 1. The highest BCUT2D eigenvalue weighted by Gasteiger charge is 2.24. The van der Waals surface area contributed by atoms with E-state index in [9.17, 15) is 4.79 Å². The van der Waals surface area contributed by atoms with Gasteiger partial charge >= 0.3 is 0 Å². The fourth-order valence-electron chi connectivity index (χ4n) is 3.12. The van der Waals surface area contributed by atoms with Gasteiger partial charge in [-0.05, 0) is 30.2 Å². The third-order valence-electron chi connectivity index (χ3n) is 4.61. The van der Waals surface area contributed by atoms with Crippen LogP contribution in [0.5, 0.6) is 5.75 Å². The van der Waals surface area contributed by atoms with Gasteiger partial charge in [0, 0.05) is 37.7 Å². The van der Waals surface area contributed by atoms with Crippen LogP contribution < -0.4 is 4.74 Å². The molecule has 3 rings (SSSR count). The largest absolute Gasteiger partial charge is 0.496 e. The van der Waals surface area contributed by atoms with Crippen LogP contribution in [0.4, 0.5) is 0 Å². The van der Waals surface area contributed by atoms with E-state index < -0.39 is 0 Å². The predicted molar refractivity (Wildman–Crippen MR) is 100 cm³/mol. The van der Waals surface area contributed by atoms with Gasteiger partial charge < -0.3 is 9.64 Å². The van der Waals surface area contributed by atoms with Crippen LogP contribution in [-0.4, -0.2) is 55.5 Å². The third-order valence-corrected chi connectivity index (χ3v) is 4.85. The summed E-state index contributed by atoms with van der Waals surface area (Å²) >= 11 is 6.04. The summed E-state index contributed by atoms with van der Waals surface area (Å²) in [7, 11) is 1.57. The molecule has 2 aromatic carbocycles. The second kappa shape index (κ2) is 8.37. The number of ether oxygens (including phenoxy) is 1. The number of benzene rings is 2. The minimum atomic E-state index is -0.0120. The first-order valence-electron chi connectivity index (χ1n) is 8.56. The molecular weight excluding hydrogens is 336 g/mol. The Morgan fingerprint density at radius 3 is 2.48 bits per heavy atom. The first-order valence-corrected chi connectivity index (χ1v) is 8.94. The second-order valence-corrected chi connectivity index (χ2v) is 6.65. The fourth-order valence-corrected chi connectivity index (χ4v) is 3.30. The summed E-state index contributed by atoms with van der Waals surface area (Å²) < 4.78 is 5.30. The SMILES string of the molecule is COc1ccc(Cl)cc1C(=O)N1CCN(CCc2ccccc2)CC1. The lowest BCUT2D eigenvalue weighted by atomic mass is 10.1. The number of carbonyl (C=O) groups is 1. The van der Waals surface area contributed by atoms with E-state index in [4.69, 9.17) is 16.3 Å². The Bertz CT molecular complexity index is 713. The first-order chi connectivity index (χ1) is 12.2. The molecule has 0 radical (unpaired) electrons. The first kappa shape index (κ1) is 17.8. The zero-order valence-corrected chi connectivity index (χ0v) is 15.2. The number of amides is 1. The number of carbonyl (C=O) groups excluding carboxylic acids is 1. The van der Waals surface area contributed by atoms with Crippen molar-refractivity contribution >= 4 is 17.5 Å². The summed E-state index contributed by atoms with van der Waals surface area (Å²) in [6.07, 6.45) is 1.04. The van der Waals surface area contributed by atoms with Crippen molar-refractivity contribution in [1.82, 2.24) is 9.80 Å². The highest BCUT2D eigenvalue weighted by atomic mass is 35.5. The predicted octanol–water partition coefficient (Wildman–Crippen LogP) is 3.35. The van der Waals surface area contributed by atoms with Crippen molar-refractivity contribution in [2.45, 2.75) is 6.42 Å². The Kier molecular flexibility index (Phi) is 5.95. The summed E-state index contributed by atoms with van der Waals surface area (Å²) in [5.41, 5.74) is 1.89. The molecule has 0 atom stereocenters. The van der Waals surface area contributed by atoms with Crippen LogP contribution >= 0.6 is 11.6 Å². The number of hydrogen-bond donors (Lipinski definition) is 0. The van der Waals surface area contributed by atoms with E-state index in [1.54, 1.807) is 25.3 Å². The summed E-state index contributed by atoms with van der Waals surface area (Å²) in [4.78, 5) is 17.1. The molecule has 5 heteroatoms. The van der Waals surface area contributed by atoms with Crippen LogP contribution in [0.25, 0.3) is 0 Å². The second-order valence-electron chi connectivity index (χ2n) is 6.21. The van der Waals surface area contributed by atoms with E-state index in [2.05, 4.69) is 29.2 Å². The summed E-state index contributed by atoms with van der Waals surface area (Å²) in [5, 5.41) is 0.547. The average molecular weight is 359 g/mol. The molecule has 0 aromatic heterocycles. The van der Waals surface area contributed by atoms with E-state index in [1.165, 1.54) is 5.56 Å². The fraction of sp³-hybridized carbons (Fsp3) is 0.350. The van der Waals surface area contributed by atoms with Gasteiger partial charge in [0.25, 0.3) is 5.91 Å². The van der Waals surface area contributed by atoms with E-state index >= 15 is 0 Å². The lowest BCUT2D eigenvalue weighted by Crippen LogP contribution is -2.49. The van der Waals surface area contributed by atoms with Gasteiger partial charge in [-0.25, -0.2) is 0 Å². The van der Waals surface area contributed by atoms with Crippen molar-refractivity contribution in [2.24, 2.45) is 0 Å². The molecular formula is C20H23ClN2O2. The Morgan fingerprint density at radius 1 is 1.08 bits per heavy atom. The maximum absolute atomic E-state index is 12.8. The van der Waals surface area contributed by atoms with Gasteiger partial charge in [-0.3, -0.25) is 9.69 Å². The molecule has 0 N–H and O–H groups in total. The van der Waals surface area contributed by atoms with Crippen molar-refractivity contribution in [3.8, 4) is 5.75 Å². The Morgan fingerprint density at radius 2 is 1.80 bits per heavy atom. The van der Waals surface area contributed by atoms with Crippen molar-refractivity contribution in [2.75, 3.05) is 39.8 Å². The molecule has 0 unspecified atom stereocenters. The lowest BCUT2D eigenvalue weighted by molar-refractivity contribution is 0.0635. The third kappa shape index (κ3) is 4.53. The maximum atomic E-state index is 12.8. The minimum Gasteiger partial charge on any atom is -0.496 e. The molecule has 0 bridgehead atoms. The minimum absolute atomic E-state index is 0.0120. The van der Waals surface area contributed by atoms with Crippen LogP contribution in [0.3, 0.4) is 0 Å². The molecule has 0 saturated carbocycles. The van der Waals surface area contributed by atoms with Crippen molar-refractivity contribution in [3.63, 3.8) is 0 Å². The highest BCUT2D eigenvalue weighted by molar-refractivity contribution is 6.31. The molecule has 2 aromatic rings. The molecule has 1 heterocycles. The number of methoxy groups -OCH3 is 1. The van der Waals surface area contributed by atoms with Crippen molar-refractivity contribution in [3.05, 3.63) is 64.7 Å². The van der Waals surface area contributed by atoms with E-state index in [-0.39, 0.29) is 5.91 Å². The molecule has 0 spiro atoms. The molecule has 4 nitrogen and oxygen atoms in total. The van der Waals surface area contributed by atoms with Gasteiger partial charge in [0.05, 0.1) is 12.7 Å². The van der Waals surface area contributed by atoms with Crippen molar-refractivity contribution < 1.29 is 9.53 Å². The summed E-state index contributed by atoms with van der Waals surface area (Å²) in [6.45, 7) is 4.25. The van der Waals surface area contributed by atoms with Crippen LogP contribution in [0, 0.1) is 0 Å². The van der Waals surface area contributed by atoms with Crippen LogP contribution in [0.2, 0.25) is 5.02 Å². The number of piperazine rings is 1. The van der Waals surface area contributed by atoms with Crippen molar-refractivity contribution in [1.29, 1.82) is 0 Å². The summed E-state index contributed by atoms with van der Waals surface area (Å²) in [6, 6.07) is 15.7. The molecule has 1 fully saturated rings. The standard InChI is InChI=1S/C20H23ClN2O2/c1-25-19-8-7-17(21)15-18(19)20(24)23-13-11-22(12-14-23)10-9-16-5-3-2-4-6-16/h2-8,15H,9-14H2,1H3. The van der Waals surface area contributed by atoms with Crippen LogP contribution in [-0.2, 0) is 6.42 Å². The van der Waals surface area contributed by atoms with E-state index in [0.29, 0.717) is 16.3 Å². The zero-order chi connectivity index (χ0) is 17.6. The van der Waals surface area contributed by atoms with Gasteiger partial charge in [-0.1, -0.05) is 41.9 Å². The molecule has 25 heavy (non-hydrogen) atoms. The Balaban J connectivity index is 1.55. The topological polar surface area (TPSA) is 32.8 Å². The lowest BCUT2D eigenvalue weighted by Gasteiger charge is -2.35. The Labute approximate surface area is 154 Å². The molecule has 1 amide bonds. The quantitative estimate of drug-likeness (QED) is 0.821. The number of nitrogens with zero attached hydrogens (tertiary/aromatic N) is 2. The van der Waals surface area contributed by atoms with Gasteiger partial charge in [0.1, 0.15) is 5.75 Å². The smallest absolute Gasteiger partial charge is 0.257 e. The van der Waals surface area contributed by atoms with Gasteiger partial charge in [0.15, 0.2) is 0 Å². The van der Waals surface area contributed by atoms with Gasteiger partial charge in [-0.15, -0.1) is 0 Å². The molecule has 132 valence electrons. The van der Waals surface area contributed by atoms with E-state index in [0.717, 1.165) is 39.1 Å². The number of hydrogen-bond acceptors (Lipinski definition) is 3. The molecule has 1 aliphatic heterocycles. The molecule has 1 aliphatic rings.